The Kier molecular flexibility index (Phi) is 3.78. The lowest BCUT2D eigenvalue weighted by atomic mass is 10.0. The minimum Gasteiger partial charge on any atom is -0.507 e. The number of phenols is 3. The number of hydrogen-bond donors (Lipinski definition) is 3. The average molecular weight is 236 g/mol. The van der Waals surface area contributed by atoms with Crippen molar-refractivity contribution < 1.29 is 20.1 Å². The zero-order chi connectivity index (χ0) is 13.2. The Hall–Kier alpha value is -1.97. The predicted octanol–water partition coefficient (Wildman–Crippen LogP) is 2.51. The maximum atomic E-state index is 11.3. The topological polar surface area (TPSA) is 77.8 Å². The fraction of sp³-hybridized carbons (Fsp3) is 0.308. The fourth-order valence-electron chi connectivity index (χ4n) is 1.54. The Morgan fingerprint density at radius 1 is 1.18 bits per heavy atom. The number of carbonyl (C=O) groups is 1. The minimum atomic E-state index is -0.446. The molecule has 0 saturated heterocycles. The first kappa shape index (κ1) is 13.1. The van der Waals surface area contributed by atoms with Gasteiger partial charge in [-0.25, -0.2) is 0 Å². The second-order valence-corrected chi connectivity index (χ2v) is 4.16. The molecule has 0 spiro atoms. The molecule has 0 radical (unpaired) electrons. The predicted molar refractivity (Wildman–Crippen MR) is 64.6 cm³/mol. The van der Waals surface area contributed by atoms with Crippen LogP contribution in [0.15, 0.2) is 17.7 Å². The molecule has 1 rings (SSSR count). The number of allylic oxidation sites excluding steroid dienone is 2. The summed E-state index contributed by atoms with van der Waals surface area (Å²) in [5, 5.41) is 29.0. The summed E-state index contributed by atoms with van der Waals surface area (Å²) in [5.74, 6) is -1.43. The first-order valence-corrected chi connectivity index (χ1v) is 5.25. The molecule has 0 aliphatic carbocycles. The Morgan fingerprint density at radius 2 is 1.76 bits per heavy atom. The zero-order valence-electron chi connectivity index (χ0n) is 10.1. The number of hydrogen-bond acceptors (Lipinski definition) is 4. The molecular weight excluding hydrogens is 220 g/mol. The van der Waals surface area contributed by atoms with Gasteiger partial charge in [0.15, 0.2) is 5.78 Å². The van der Waals surface area contributed by atoms with Gasteiger partial charge in [-0.3, -0.25) is 4.79 Å². The summed E-state index contributed by atoms with van der Waals surface area (Å²) >= 11 is 0. The minimum absolute atomic E-state index is 0.153. The fourth-order valence-corrected chi connectivity index (χ4v) is 1.54. The molecule has 1 aromatic rings. The third kappa shape index (κ3) is 2.78. The van der Waals surface area contributed by atoms with Crippen LogP contribution in [0.25, 0.3) is 0 Å². The number of carbonyl (C=O) groups excluding carboxylic acids is 1. The lowest BCUT2D eigenvalue weighted by Gasteiger charge is -2.10. The third-order valence-corrected chi connectivity index (χ3v) is 2.43. The number of benzene rings is 1. The van der Waals surface area contributed by atoms with Crippen molar-refractivity contribution in [3.05, 3.63) is 28.8 Å². The van der Waals surface area contributed by atoms with Crippen molar-refractivity contribution >= 4 is 5.78 Å². The van der Waals surface area contributed by atoms with Gasteiger partial charge in [-0.05, 0) is 27.2 Å². The molecule has 0 atom stereocenters. The molecule has 0 bridgehead atoms. The molecule has 0 amide bonds. The highest BCUT2D eigenvalue weighted by Crippen LogP contribution is 2.38. The standard InChI is InChI=1S/C13H16O4/c1-7(2)4-5-9-10(15)6-11(16)12(8(3)14)13(9)17/h4,6,15-17H,5H2,1-3H3. The summed E-state index contributed by atoms with van der Waals surface area (Å²) in [6, 6.07) is 1.07. The summed E-state index contributed by atoms with van der Waals surface area (Å²) in [6.45, 7) is 5.03. The van der Waals surface area contributed by atoms with Gasteiger partial charge in [0.25, 0.3) is 0 Å². The number of rotatable bonds is 3. The van der Waals surface area contributed by atoms with Crippen LogP contribution in [0.4, 0.5) is 0 Å². The molecule has 0 aromatic heterocycles. The first-order valence-electron chi connectivity index (χ1n) is 5.25. The number of Topliss-reactive ketones (excluding diaryl/α,β-unsaturated/α-hetero) is 1. The van der Waals surface area contributed by atoms with Crippen LogP contribution in [-0.2, 0) is 6.42 Å². The highest BCUT2D eigenvalue weighted by Gasteiger charge is 2.19. The molecular formula is C13H16O4. The molecule has 0 unspecified atom stereocenters. The van der Waals surface area contributed by atoms with E-state index >= 15 is 0 Å². The Morgan fingerprint density at radius 3 is 2.24 bits per heavy atom. The Balaban J connectivity index is 3.35. The van der Waals surface area contributed by atoms with E-state index in [2.05, 4.69) is 0 Å². The first-order chi connectivity index (χ1) is 7.84. The van der Waals surface area contributed by atoms with Crippen LogP contribution in [0.1, 0.15) is 36.7 Å². The molecule has 0 aliphatic rings. The van der Waals surface area contributed by atoms with Crippen LogP contribution in [0.3, 0.4) is 0 Å². The van der Waals surface area contributed by atoms with E-state index in [0.29, 0.717) is 6.42 Å². The van der Waals surface area contributed by atoms with E-state index in [9.17, 15) is 20.1 Å². The number of phenolic OH excluding ortho intramolecular Hbond substituents is 3. The summed E-state index contributed by atoms with van der Waals surface area (Å²) < 4.78 is 0. The van der Waals surface area contributed by atoms with Gasteiger partial charge < -0.3 is 15.3 Å². The molecule has 1 aromatic carbocycles. The van der Waals surface area contributed by atoms with Crippen LogP contribution >= 0.6 is 0 Å². The molecule has 4 heteroatoms. The van der Waals surface area contributed by atoms with E-state index in [1.165, 1.54) is 6.92 Å². The van der Waals surface area contributed by atoms with Gasteiger partial charge >= 0.3 is 0 Å². The van der Waals surface area contributed by atoms with Crippen LogP contribution in [0.2, 0.25) is 0 Å². The second-order valence-electron chi connectivity index (χ2n) is 4.16. The normalized spacial score (nSPS) is 10.1. The summed E-state index contributed by atoms with van der Waals surface area (Å²) in [6.07, 6.45) is 2.12. The van der Waals surface area contributed by atoms with Crippen molar-refractivity contribution in [3.63, 3.8) is 0 Å². The molecule has 3 N–H and O–H groups in total. The van der Waals surface area contributed by atoms with Gasteiger partial charge in [0.1, 0.15) is 22.8 Å². The Labute approximate surface area is 99.8 Å². The maximum absolute atomic E-state index is 11.3. The molecule has 0 fully saturated rings. The van der Waals surface area contributed by atoms with E-state index < -0.39 is 11.5 Å². The number of ketones is 1. The summed E-state index contributed by atoms with van der Waals surface area (Å²) in [7, 11) is 0. The van der Waals surface area contributed by atoms with Crippen LogP contribution in [0.5, 0.6) is 17.2 Å². The number of aromatic hydroxyl groups is 3. The van der Waals surface area contributed by atoms with Crippen LogP contribution < -0.4 is 0 Å². The quantitative estimate of drug-likeness (QED) is 0.556. The SMILES string of the molecule is CC(=O)c1c(O)cc(O)c(CC=C(C)C)c1O. The second kappa shape index (κ2) is 4.91. The lowest BCUT2D eigenvalue weighted by molar-refractivity contribution is 0.101. The van der Waals surface area contributed by atoms with Crippen molar-refractivity contribution in [2.24, 2.45) is 0 Å². The molecule has 0 heterocycles. The van der Waals surface area contributed by atoms with E-state index in [1.54, 1.807) is 0 Å². The molecule has 17 heavy (non-hydrogen) atoms. The third-order valence-electron chi connectivity index (χ3n) is 2.43. The van der Waals surface area contributed by atoms with E-state index in [0.717, 1.165) is 11.6 Å². The van der Waals surface area contributed by atoms with Crippen molar-refractivity contribution in [2.45, 2.75) is 27.2 Å². The van der Waals surface area contributed by atoms with Crippen LogP contribution in [0, 0.1) is 0 Å². The molecule has 0 aliphatic heterocycles. The monoisotopic (exact) mass is 236 g/mol. The largest absolute Gasteiger partial charge is 0.507 e. The molecule has 0 saturated carbocycles. The highest BCUT2D eigenvalue weighted by atomic mass is 16.3. The smallest absolute Gasteiger partial charge is 0.167 e. The maximum Gasteiger partial charge on any atom is 0.167 e. The van der Waals surface area contributed by atoms with Gasteiger partial charge in [-0.1, -0.05) is 11.6 Å². The average Bonchev–Trinajstić information content (AvgIpc) is 2.14. The van der Waals surface area contributed by atoms with Gasteiger partial charge in [-0.2, -0.15) is 0 Å². The molecule has 4 nitrogen and oxygen atoms in total. The van der Waals surface area contributed by atoms with Crippen molar-refractivity contribution in [1.29, 1.82) is 0 Å². The van der Waals surface area contributed by atoms with Gasteiger partial charge in [-0.15, -0.1) is 0 Å². The zero-order valence-corrected chi connectivity index (χ0v) is 10.1. The van der Waals surface area contributed by atoms with E-state index in [4.69, 9.17) is 0 Å². The highest BCUT2D eigenvalue weighted by molar-refractivity contribution is 6.00. The van der Waals surface area contributed by atoms with Gasteiger partial charge in [0.2, 0.25) is 0 Å². The summed E-state index contributed by atoms with van der Waals surface area (Å²) in [5.41, 5.74) is 1.12. The van der Waals surface area contributed by atoms with Gasteiger partial charge in [0, 0.05) is 11.6 Å². The Bertz CT molecular complexity index is 483. The summed E-state index contributed by atoms with van der Waals surface area (Å²) in [4.78, 5) is 11.3. The van der Waals surface area contributed by atoms with Gasteiger partial charge in [0.05, 0.1) is 0 Å². The van der Waals surface area contributed by atoms with Crippen molar-refractivity contribution in [3.8, 4) is 17.2 Å². The van der Waals surface area contributed by atoms with Crippen LogP contribution in [-0.4, -0.2) is 21.1 Å². The van der Waals surface area contributed by atoms with E-state index in [-0.39, 0.29) is 22.6 Å². The van der Waals surface area contributed by atoms with Crippen molar-refractivity contribution in [2.75, 3.05) is 0 Å². The molecule has 92 valence electrons. The lowest BCUT2D eigenvalue weighted by Crippen LogP contribution is -1.97. The van der Waals surface area contributed by atoms with E-state index in [1.807, 2.05) is 19.9 Å². The van der Waals surface area contributed by atoms with Crippen molar-refractivity contribution in [1.82, 2.24) is 0 Å².